The number of aromatic hydroxyl groups is 1. The lowest BCUT2D eigenvalue weighted by molar-refractivity contribution is 0.104. The number of hydrogen-bond donors (Lipinski definition) is 1. The number of phenolic OH excluding ortho intramolecular Hbond substituents is 1. The quantitative estimate of drug-likeness (QED) is 0.234. The molecule has 0 unspecified atom stereocenters. The number of carbonyl (C=O) groups excluding carboxylic acids is 1. The number of aromatic nitrogens is 1. The molecule has 0 saturated heterocycles. The van der Waals surface area contributed by atoms with Gasteiger partial charge in [0.15, 0.2) is 5.78 Å². The van der Waals surface area contributed by atoms with E-state index in [0.717, 1.165) is 49.5 Å². The molecule has 6 aromatic carbocycles. The van der Waals surface area contributed by atoms with E-state index in [4.69, 9.17) is 4.98 Å². The van der Waals surface area contributed by atoms with Crippen molar-refractivity contribution >= 4 is 27.5 Å². The van der Waals surface area contributed by atoms with Gasteiger partial charge >= 0.3 is 0 Å². The number of fused-ring (bicyclic) bond motifs is 6. The minimum atomic E-state index is -0.0243. The van der Waals surface area contributed by atoms with Gasteiger partial charge in [0.2, 0.25) is 0 Å². The second-order valence-corrected chi connectivity index (χ2v) is 10.4. The predicted octanol–water partition coefficient (Wildman–Crippen LogP) is 9.31. The van der Waals surface area contributed by atoms with Gasteiger partial charge in [-0.2, -0.15) is 0 Å². The zero-order valence-electron chi connectivity index (χ0n) is 22.0. The molecule has 41 heavy (non-hydrogen) atoms. The Balaban J connectivity index is 1.54. The Morgan fingerprint density at radius 3 is 1.76 bits per heavy atom. The number of pyridine rings is 1. The molecule has 0 amide bonds. The molecule has 3 nitrogen and oxygen atoms in total. The van der Waals surface area contributed by atoms with Crippen molar-refractivity contribution < 1.29 is 9.90 Å². The zero-order chi connectivity index (χ0) is 27.5. The van der Waals surface area contributed by atoms with E-state index >= 15 is 0 Å². The molecule has 1 aliphatic carbocycles. The van der Waals surface area contributed by atoms with Gasteiger partial charge in [-0.1, -0.05) is 121 Å². The molecule has 0 aliphatic heterocycles. The molecule has 0 spiro atoms. The largest absolute Gasteiger partial charge is 0.507 e. The molecule has 0 fully saturated rings. The molecule has 192 valence electrons. The van der Waals surface area contributed by atoms with Crippen LogP contribution in [0.1, 0.15) is 15.9 Å². The summed E-state index contributed by atoms with van der Waals surface area (Å²) in [6.07, 6.45) is 0. The van der Waals surface area contributed by atoms with Crippen LogP contribution in [0.2, 0.25) is 0 Å². The highest BCUT2D eigenvalue weighted by Crippen LogP contribution is 2.48. The molecule has 0 atom stereocenters. The topological polar surface area (TPSA) is 50.2 Å². The first kappa shape index (κ1) is 23.4. The van der Waals surface area contributed by atoms with Crippen molar-refractivity contribution in [3.05, 3.63) is 145 Å². The summed E-state index contributed by atoms with van der Waals surface area (Å²) >= 11 is 0. The van der Waals surface area contributed by atoms with Gasteiger partial charge in [-0.05, 0) is 34.2 Å². The number of hydrogen-bond acceptors (Lipinski definition) is 3. The molecule has 7 aromatic rings. The van der Waals surface area contributed by atoms with E-state index in [1.54, 1.807) is 0 Å². The summed E-state index contributed by atoms with van der Waals surface area (Å²) < 4.78 is 0. The van der Waals surface area contributed by atoms with Gasteiger partial charge < -0.3 is 5.11 Å². The lowest BCUT2D eigenvalue weighted by atomic mass is 9.87. The molecule has 8 rings (SSSR count). The minimum absolute atomic E-state index is 0.0243. The van der Waals surface area contributed by atoms with Crippen molar-refractivity contribution in [3.63, 3.8) is 0 Å². The van der Waals surface area contributed by atoms with Crippen molar-refractivity contribution in [2.45, 2.75) is 0 Å². The van der Waals surface area contributed by atoms with Gasteiger partial charge in [0.05, 0.1) is 16.8 Å². The highest BCUT2D eigenvalue weighted by Gasteiger charge is 2.33. The number of ketones is 1. The summed E-state index contributed by atoms with van der Waals surface area (Å²) in [4.78, 5) is 19.2. The van der Waals surface area contributed by atoms with Crippen molar-refractivity contribution in [1.82, 2.24) is 4.98 Å². The summed E-state index contributed by atoms with van der Waals surface area (Å²) in [5.74, 6) is 0.185. The van der Waals surface area contributed by atoms with Crippen LogP contribution >= 0.6 is 0 Å². The van der Waals surface area contributed by atoms with Crippen molar-refractivity contribution in [2.24, 2.45) is 0 Å². The van der Waals surface area contributed by atoms with Crippen LogP contribution in [-0.2, 0) is 0 Å². The lowest BCUT2D eigenvalue weighted by Gasteiger charge is -2.18. The van der Waals surface area contributed by atoms with Crippen LogP contribution in [0.3, 0.4) is 0 Å². The number of benzene rings is 6. The Hall–Kier alpha value is -5.54. The number of carbonyl (C=O) groups is 1. The second kappa shape index (κ2) is 9.00. The maximum Gasteiger partial charge on any atom is 0.196 e. The summed E-state index contributed by atoms with van der Waals surface area (Å²) in [6.45, 7) is 0. The van der Waals surface area contributed by atoms with E-state index in [9.17, 15) is 9.90 Å². The number of nitrogens with zero attached hydrogens (tertiary/aromatic N) is 1. The van der Waals surface area contributed by atoms with Crippen LogP contribution in [0, 0.1) is 0 Å². The molecule has 0 saturated carbocycles. The van der Waals surface area contributed by atoms with Crippen LogP contribution in [0.15, 0.2) is 133 Å². The maximum absolute atomic E-state index is 14.1. The Morgan fingerprint density at radius 1 is 0.488 bits per heavy atom. The van der Waals surface area contributed by atoms with Crippen molar-refractivity contribution in [1.29, 1.82) is 0 Å². The lowest BCUT2D eigenvalue weighted by Crippen LogP contribution is -2.01. The summed E-state index contributed by atoms with van der Waals surface area (Å²) in [7, 11) is 0. The first-order valence-corrected chi connectivity index (χ1v) is 13.7. The van der Waals surface area contributed by atoms with E-state index < -0.39 is 0 Å². The molecular formula is C38H23NO2. The fourth-order valence-electron chi connectivity index (χ4n) is 6.19. The van der Waals surface area contributed by atoms with Gasteiger partial charge in [-0.3, -0.25) is 4.79 Å². The van der Waals surface area contributed by atoms with E-state index in [1.165, 1.54) is 0 Å². The van der Waals surface area contributed by atoms with E-state index in [1.807, 2.05) is 109 Å². The fourth-order valence-corrected chi connectivity index (χ4v) is 6.19. The summed E-state index contributed by atoms with van der Waals surface area (Å²) in [5.41, 5.74) is 8.63. The third-order valence-corrected chi connectivity index (χ3v) is 8.10. The van der Waals surface area contributed by atoms with Crippen LogP contribution in [0.4, 0.5) is 0 Å². The second-order valence-electron chi connectivity index (χ2n) is 10.4. The Labute approximate surface area is 237 Å². The summed E-state index contributed by atoms with van der Waals surface area (Å²) in [5, 5.41) is 14.7. The third-order valence-electron chi connectivity index (χ3n) is 8.10. The van der Waals surface area contributed by atoms with Crippen molar-refractivity contribution in [2.75, 3.05) is 0 Å². The van der Waals surface area contributed by atoms with Gasteiger partial charge in [-0.25, -0.2) is 4.98 Å². The molecule has 0 radical (unpaired) electrons. The van der Waals surface area contributed by atoms with Crippen LogP contribution < -0.4 is 0 Å². The van der Waals surface area contributed by atoms with Gasteiger partial charge in [-0.15, -0.1) is 0 Å². The monoisotopic (exact) mass is 525 g/mol. The molecular weight excluding hydrogens is 502 g/mol. The Bertz CT molecular complexity index is 2110. The van der Waals surface area contributed by atoms with Gasteiger partial charge in [0, 0.05) is 38.6 Å². The highest BCUT2D eigenvalue weighted by molar-refractivity contribution is 6.28. The SMILES string of the molecule is O=C1c2ccccc2-c2nc3c(ccc4ccccc43)c(-c3cc(-c4ccccc4)c(O)c(-c4ccccc4)c3)c21. The highest BCUT2D eigenvalue weighted by atomic mass is 16.3. The van der Waals surface area contributed by atoms with Gasteiger partial charge in [0.1, 0.15) is 5.75 Å². The average Bonchev–Trinajstić information content (AvgIpc) is 3.32. The minimum Gasteiger partial charge on any atom is -0.507 e. The van der Waals surface area contributed by atoms with Crippen LogP contribution in [0.25, 0.3) is 66.3 Å². The fraction of sp³-hybridized carbons (Fsp3) is 0. The number of phenols is 1. The molecule has 0 bridgehead atoms. The van der Waals surface area contributed by atoms with Crippen LogP contribution in [-0.4, -0.2) is 15.9 Å². The Morgan fingerprint density at radius 2 is 1.07 bits per heavy atom. The molecule has 1 N–H and O–H groups in total. The normalized spacial score (nSPS) is 12.0. The predicted molar refractivity (Wildman–Crippen MR) is 166 cm³/mol. The van der Waals surface area contributed by atoms with E-state index in [-0.39, 0.29) is 11.5 Å². The smallest absolute Gasteiger partial charge is 0.196 e. The molecule has 1 aromatic heterocycles. The standard InChI is InChI=1S/C38H23NO2/c40-37-31(23-11-3-1-4-12-23)21-26(22-32(37)24-13-5-2-6-14-24)33-30-20-19-25-15-7-8-16-27(25)35(30)39-36-28-17-9-10-18-29(28)38(41)34(33)36/h1-22,40H. The van der Waals surface area contributed by atoms with E-state index in [0.29, 0.717) is 27.9 Å². The first-order valence-electron chi connectivity index (χ1n) is 13.7. The average molecular weight is 526 g/mol. The molecule has 1 aliphatic rings. The zero-order valence-corrected chi connectivity index (χ0v) is 22.0. The molecule has 3 heteroatoms. The van der Waals surface area contributed by atoms with E-state index in [2.05, 4.69) is 24.3 Å². The third kappa shape index (κ3) is 3.53. The summed E-state index contributed by atoms with van der Waals surface area (Å²) in [6, 6.07) is 43.9. The first-order chi connectivity index (χ1) is 20.2. The molecule has 1 heterocycles. The van der Waals surface area contributed by atoms with Crippen molar-refractivity contribution in [3.8, 4) is 50.4 Å². The van der Waals surface area contributed by atoms with Crippen LogP contribution in [0.5, 0.6) is 5.75 Å². The maximum atomic E-state index is 14.1. The number of rotatable bonds is 3. The van der Waals surface area contributed by atoms with Gasteiger partial charge in [0.25, 0.3) is 0 Å². The Kier molecular flexibility index (Phi) is 5.13.